The van der Waals surface area contributed by atoms with Gasteiger partial charge in [-0.25, -0.2) is 4.98 Å². The molecule has 0 unspecified atom stereocenters. The summed E-state index contributed by atoms with van der Waals surface area (Å²) >= 11 is 0. The fourth-order valence-electron chi connectivity index (χ4n) is 10.3. The number of aryl methyl sites for hydroxylation is 1. The Morgan fingerprint density at radius 1 is 0.350 bits per heavy atom. The number of hydrogen-bond acceptors (Lipinski definition) is 1. The predicted octanol–water partition coefficient (Wildman–Crippen LogP) is 15.9. The minimum absolute atomic E-state index is 0.945. The van der Waals surface area contributed by atoms with E-state index in [4.69, 9.17) is 4.98 Å². The van der Waals surface area contributed by atoms with Gasteiger partial charge >= 0.3 is 0 Å². The summed E-state index contributed by atoms with van der Waals surface area (Å²) in [7, 11) is 0. The van der Waals surface area contributed by atoms with Gasteiger partial charge in [0.15, 0.2) is 0 Å². The second kappa shape index (κ2) is 12.6. The third kappa shape index (κ3) is 4.67. The summed E-state index contributed by atoms with van der Waals surface area (Å²) < 4.78 is 2.49. The summed E-state index contributed by atoms with van der Waals surface area (Å²) in [5, 5.41) is 19.8. The topological polar surface area (TPSA) is 17.8 Å². The Hall–Kier alpha value is -7.81. The summed E-state index contributed by atoms with van der Waals surface area (Å²) in [6.45, 7) is 2.25. The highest BCUT2D eigenvalue weighted by Gasteiger charge is 2.25. The molecule has 13 aromatic rings. The molecule has 13 rings (SSSR count). The van der Waals surface area contributed by atoms with Crippen LogP contribution in [0.4, 0.5) is 0 Å². The number of aromatic nitrogens is 2. The lowest BCUT2D eigenvalue weighted by atomic mass is 9.89. The molecule has 60 heavy (non-hydrogen) atoms. The standard InChI is InChI=1S/C58H36N2/c1-35-42-18-8-13-25-50(42)56(41-27-26-36-14-2-3-16-38(36)32-41)59-58(35)60-53-31-29-37-15-4-6-19-43(37)55(53)52-33-39-17-5-7-20-44(39)54(57(52)60)40-28-30-49-47-23-10-9-21-45(47)46-22-11-12-24-48(46)51(49)34-40/h2-34H,1H3. The maximum absolute atomic E-state index is 5.80. The number of nitrogens with zero attached hydrogens (tertiary/aromatic N) is 2. The third-order valence-electron chi connectivity index (χ3n) is 13.1. The van der Waals surface area contributed by atoms with Gasteiger partial charge < -0.3 is 0 Å². The van der Waals surface area contributed by atoms with Crippen molar-refractivity contribution in [3.63, 3.8) is 0 Å². The molecule has 0 N–H and O–H groups in total. The lowest BCUT2D eigenvalue weighted by molar-refractivity contribution is 1.07. The molecular formula is C58H36N2. The lowest BCUT2D eigenvalue weighted by Crippen LogP contribution is -2.04. The molecule has 2 aromatic heterocycles. The molecule has 0 saturated carbocycles. The van der Waals surface area contributed by atoms with Gasteiger partial charge in [0, 0.05) is 32.8 Å². The molecule has 0 saturated heterocycles. The average Bonchev–Trinajstić information content (AvgIpc) is 3.64. The van der Waals surface area contributed by atoms with Gasteiger partial charge in [-0.15, -0.1) is 0 Å². The van der Waals surface area contributed by atoms with Crippen LogP contribution in [0.5, 0.6) is 0 Å². The van der Waals surface area contributed by atoms with Crippen molar-refractivity contribution in [2.75, 3.05) is 0 Å². The van der Waals surface area contributed by atoms with Crippen molar-refractivity contribution in [3.8, 4) is 28.2 Å². The van der Waals surface area contributed by atoms with E-state index < -0.39 is 0 Å². The van der Waals surface area contributed by atoms with Gasteiger partial charge in [-0.2, -0.15) is 0 Å². The van der Waals surface area contributed by atoms with Crippen molar-refractivity contribution in [1.82, 2.24) is 9.55 Å². The Bertz CT molecular complexity index is 3930. The van der Waals surface area contributed by atoms with Crippen molar-refractivity contribution in [2.24, 2.45) is 0 Å². The van der Waals surface area contributed by atoms with Crippen LogP contribution >= 0.6 is 0 Å². The highest BCUT2D eigenvalue weighted by Crippen LogP contribution is 2.47. The average molecular weight is 761 g/mol. The highest BCUT2D eigenvalue weighted by molar-refractivity contribution is 6.29. The molecule has 278 valence electrons. The summed E-state index contributed by atoms with van der Waals surface area (Å²) in [6.07, 6.45) is 0. The maximum atomic E-state index is 5.80. The summed E-state index contributed by atoms with van der Waals surface area (Å²) in [5.41, 5.74) is 7.95. The molecule has 2 heteroatoms. The number of rotatable bonds is 3. The van der Waals surface area contributed by atoms with E-state index in [1.807, 2.05) is 0 Å². The first kappa shape index (κ1) is 33.2. The van der Waals surface area contributed by atoms with E-state index in [-0.39, 0.29) is 0 Å². The van der Waals surface area contributed by atoms with Gasteiger partial charge in [0.25, 0.3) is 0 Å². The molecule has 2 heterocycles. The van der Waals surface area contributed by atoms with Crippen LogP contribution in [-0.2, 0) is 0 Å². The zero-order chi connectivity index (χ0) is 39.5. The normalized spacial score (nSPS) is 12.1. The maximum Gasteiger partial charge on any atom is 0.141 e. The van der Waals surface area contributed by atoms with Crippen LogP contribution in [0, 0.1) is 6.92 Å². The van der Waals surface area contributed by atoms with E-state index >= 15 is 0 Å². The molecule has 0 spiro atoms. The number of pyridine rings is 1. The summed E-state index contributed by atoms with van der Waals surface area (Å²) in [6, 6.07) is 73.8. The van der Waals surface area contributed by atoms with Crippen molar-refractivity contribution < 1.29 is 0 Å². The second-order valence-corrected chi connectivity index (χ2v) is 16.3. The van der Waals surface area contributed by atoms with Crippen LogP contribution in [0.25, 0.3) is 125 Å². The molecule has 0 aliphatic rings. The number of benzene rings is 11. The minimum Gasteiger partial charge on any atom is -0.293 e. The predicted molar refractivity (Wildman–Crippen MR) is 257 cm³/mol. The zero-order valence-electron chi connectivity index (χ0n) is 32.9. The first-order valence-corrected chi connectivity index (χ1v) is 20.8. The summed E-state index contributed by atoms with van der Waals surface area (Å²) in [5.74, 6) is 0.945. The van der Waals surface area contributed by atoms with Crippen molar-refractivity contribution in [1.29, 1.82) is 0 Å². The van der Waals surface area contributed by atoms with E-state index in [9.17, 15) is 0 Å². The minimum atomic E-state index is 0.945. The van der Waals surface area contributed by atoms with E-state index in [1.54, 1.807) is 0 Å². The van der Waals surface area contributed by atoms with Gasteiger partial charge in [0.1, 0.15) is 5.82 Å². The second-order valence-electron chi connectivity index (χ2n) is 16.3. The summed E-state index contributed by atoms with van der Waals surface area (Å²) in [4.78, 5) is 5.80. The SMILES string of the molecule is Cc1c(-n2c3ccc4ccccc4c3c3cc4ccccc4c(-c4ccc5c6ccccc6c6ccccc6c5c4)c32)nc(-c2ccc3ccccc3c2)c2ccccc12. The fraction of sp³-hybridized carbons (Fsp3) is 0.0172. The first-order valence-electron chi connectivity index (χ1n) is 20.8. The lowest BCUT2D eigenvalue weighted by Gasteiger charge is -2.19. The van der Waals surface area contributed by atoms with Crippen LogP contribution in [0.3, 0.4) is 0 Å². The monoisotopic (exact) mass is 760 g/mol. The Morgan fingerprint density at radius 3 is 1.62 bits per heavy atom. The van der Waals surface area contributed by atoms with Gasteiger partial charge in [-0.3, -0.25) is 4.57 Å². The molecule has 0 amide bonds. The molecule has 0 radical (unpaired) electrons. The Morgan fingerprint density at radius 2 is 0.883 bits per heavy atom. The molecular weight excluding hydrogens is 725 g/mol. The van der Waals surface area contributed by atoms with E-state index in [2.05, 4.69) is 212 Å². The number of hydrogen-bond donors (Lipinski definition) is 0. The van der Waals surface area contributed by atoms with Crippen molar-refractivity contribution in [2.45, 2.75) is 6.92 Å². The highest BCUT2D eigenvalue weighted by atomic mass is 15.1. The molecule has 0 fully saturated rings. The quantitative estimate of drug-likeness (QED) is 0.164. The van der Waals surface area contributed by atoms with Crippen LogP contribution in [0.1, 0.15) is 5.56 Å². The molecule has 0 atom stereocenters. The van der Waals surface area contributed by atoms with Crippen LogP contribution < -0.4 is 0 Å². The van der Waals surface area contributed by atoms with Crippen molar-refractivity contribution in [3.05, 3.63) is 206 Å². The van der Waals surface area contributed by atoms with E-state index in [0.717, 1.165) is 33.5 Å². The zero-order valence-corrected chi connectivity index (χ0v) is 32.9. The van der Waals surface area contributed by atoms with Crippen LogP contribution in [0.15, 0.2) is 200 Å². The Balaban J connectivity index is 1.22. The molecule has 0 aliphatic carbocycles. The smallest absolute Gasteiger partial charge is 0.141 e. The van der Waals surface area contributed by atoms with E-state index in [1.165, 1.54) is 97.4 Å². The largest absolute Gasteiger partial charge is 0.293 e. The molecule has 2 nitrogen and oxygen atoms in total. The first-order chi connectivity index (χ1) is 29.7. The fourth-order valence-corrected chi connectivity index (χ4v) is 10.3. The van der Waals surface area contributed by atoms with Gasteiger partial charge in [-0.05, 0) is 107 Å². The van der Waals surface area contributed by atoms with Crippen LogP contribution in [-0.4, -0.2) is 9.55 Å². The number of fused-ring (bicyclic) bond motifs is 14. The third-order valence-corrected chi connectivity index (χ3v) is 13.1. The van der Waals surface area contributed by atoms with Crippen LogP contribution in [0.2, 0.25) is 0 Å². The molecule has 0 aliphatic heterocycles. The Kier molecular flexibility index (Phi) is 6.97. The Labute approximate surface area is 346 Å². The molecule has 11 aromatic carbocycles. The van der Waals surface area contributed by atoms with Gasteiger partial charge in [0.2, 0.25) is 0 Å². The van der Waals surface area contributed by atoms with E-state index in [0.29, 0.717) is 0 Å². The van der Waals surface area contributed by atoms with Gasteiger partial charge in [-0.1, -0.05) is 176 Å². The van der Waals surface area contributed by atoms with Crippen molar-refractivity contribution >= 4 is 97.2 Å². The van der Waals surface area contributed by atoms with Gasteiger partial charge in [0.05, 0.1) is 16.7 Å². The molecule has 0 bridgehead atoms.